The minimum absolute atomic E-state index is 0.00520. The average molecular weight is 441 g/mol. The Bertz CT molecular complexity index is 455. The van der Waals surface area contributed by atoms with Gasteiger partial charge in [-0.15, -0.1) is 0 Å². The Hall–Kier alpha value is -1.40. The fraction of sp³-hybridized carbons (Fsp3) is 0.840. The lowest BCUT2D eigenvalue weighted by Gasteiger charge is -2.19. The number of carboxylic acid groups (broad SMARTS) is 1. The lowest BCUT2D eigenvalue weighted by molar-refractivity contribution is -0.898. The minimum Gasteiger partial charge on any atom is -0.550 e. The molecule has 6 nitrogen and oxygen atoms in total. The summed E-state index contributed by atoms with van der Waals surface area (Å²) in [6.07, 6.45) is 21.3. The summed E-state index contributed by atoms with van der Waals surface area (Å²) in [6, 6.07) is 0. The number of aliphatic carboxylic acids is 1. The van der Waals surface area contributed by atoms with E-state index in [-0.39, 0.29) is 18.9 Å². The lowest BCUT2D eigenvalue weighted by atomic mass is 10.1. The first-order valence-electron chi connectivity index (χ1n) is 12.7. The highest BCUT2D eigenvalue weighted by atomic mass is 16.4. The van der Waals surface area contributed by atoms with Gasteiger partial charge in [-0.1, -0.05) is 70.4 Å². The van der Waals surface area contributed by atoms with E-state index < -0.39 is 5.97 Å². The van der Waals surface area contributed by atoms with Crippen LogP contribution < -0.4 is 15.3 Å². The molecule has 0 aromatic heterocycles. The molecule has 0 radical (unpaired) electrons. The van der Waals surface area contributed by atoms with Crippen LogP contribution in [0.4, 0.5) is 0 Å². The van der Waals surface area contributed by atoms with Crippen molar-refractivity contribution in [1.29, 1.82) is 0 Å². The van der Waals surface area contributed by atoms with E-state index in [1.54, 1.807) is 0 Å². The maximum atomic E-state index is 11.9. The lowest BCUT2D eigenvalue weighted by Crippen LogP contribution is -3.13. The number of hydrogen-bond acceptors (Lipinski definition) is 4. The van der Waals surface area contributed by atoms with Crippen LogP contribution in [0.3, 0.4) is 0 Å². The molecule has 1 atom stereocenters. The van der Waals surface area contributed by atoms with Gasteiger partial charge in [-0.25, -0.2) is 0 Å². The van der Waals surface area contributed by atoms with Gasteiger partial charge in [-0.3, -0.25) is 4.79 Å². The number of amides is 1. The van der Waals surface area contributed by atoms with E-state index in [0.717, 1.165) is 17.7 Å². The second-order valence-electron chi connectivity index (χ2n) is 8.53. The van der Waals surface area contributed by atoms with Crippen molar-refractivity contribution in [2.45, 2.75) is 103 Å². The normalized spacial score (nSPS) is 12.3. The zero-order valence-corrected chi connectivity index (χ0v) is 20.0. The summed E-state index contributed by atoms with van der Waals surface area (Å²) in [6.45, 7) is 4.28. The second-order valence-corrected chi connectivity index (χ2v) is 8.53. The van der Waals surface area contributed by atoms with E-state index in [1.807, 2.05) is 0 Å². The molecule has 6 heteroatoms. The van der Waals surface area contributed by atoms with E-state index in [4.69, 9.17) is 5.11 Å². The maximum absolute atomic E-state index is 11.9. The Labute approximate surface area is 190 Å². The van der Waals surface area contributed by atoms with Crippen LogP contribution in [0.15, 0.2) is 12.2 Å². The predicted molar refractivity (Wildman–Crippen MR) is 125 cm³/mol. The molecule has 0 heterocycles. The van der Waals surface area contributed by atoms with E-state index in [2.05, 4.69) is 24.4 Å². The molecule has 3 N–H and O–H groups in total. The summed E-state index contributed by atoms with van der Waals surface area (Å²) in [4.78, 5) is 23.4. The molecule has 0 saturated heterocycles. The number of carboxylic acids is 1. The zero-order valence-electron chi connectivity index (χ0n) is 20.0. The Balaban J connectivity index is 3.47. The van der Waals surface area contributed by atoms with Gasteiger partial charge in [0.15, 0.2) is 0 Å². The number of quaternary nitrogens is 1. The molecule has 0 aliphatic carbocycles. The van der Waals surface area contributed by atoms with Crippen LogP contribution >= 0.6 is 0 Å². The first kappa shape index (κ1) is 29.6. The van der Waals surface area contributed by atoms with Gasteiger partial charge in [0.25, 0.3) is 0 Å². The molecule has 0 saturated carbocycles. The van der Waals surface area contributed by atoms with Crippen molar-refractivity contribution in [2.24, 2.45) is 0 Å². The van der Waals surface area contributed by atoms with Gasteiger partial charge in [0.1, 0.15) is 6.54 Å². The van der Waals surface area contributed by atoms with E-state index in [0.29, 0.717) is 32.6 Å². The van der Waals surface area contributed by atoms with Gasteiger partial charge in [-0.2, -0.15) is 0 Å². The standard InChI is InChI=1S/C25H48N2O4/c1-2-3-4-5-6-7-8-9-10-11-12-13-14-15-16-17-24(29)26-19-21-27(22-23-28)20-18-25(30)31/h9-10,28H,2-8,11-23H2,1H3,(H,26,29)(H,30,31)/b10-9+. The third kappa shape index (κ3) is 23.1. The molecule has 1 amide bonds. The zero-order chi connectivity index (χ0) is 23.0. The number of carbonyl (C=O) groups is 2. The second kappa shape index (κ2) is 23.3. The van der Waals surface area contributed by atoms with Crippen molar-refractivity contribution in [3.8, 4) is 0 Å². The molecule has 0 spiro atoms. The van der Waals surface area contributed by atoms with Gasteiger partial charge in [0, 0.05) is 18.8 Å². The molecule has 0 rings (SSSR count). The molecule has 182 valence electrons. The number of hydrogen-bond donors (Lipinski definition) is 3. The number of carbonyl (C=O) groups excluding carboxylic acids is 2. The Morgan fingerprint density at radius 2 is 1.39 bits per heavy atom. The third-order valence-corrected chi connectivity index (χ3v) is 5.61. The highest BCUT2D eigenvalue weighted by Gasteiger charge is 2.08. The number of aliphatic hydroxyl groups is 1. The van der Waals surface area contributed by atoms with Crippen molar-refractivity contribution in [3.63, 3.8) is 0 Å². The molecule has 0 fully saturated rings. The molecule has 1 unspecified atom stereocenters. The average Bonchev–Trinajstić information content (AvgIpc) is 2.74. The summed E-state index contributed by atoms with van der Waals surface area (Å²) < 4.78 is 0. The fourth-order valence-electron chi connectivity index (χ4n) is 3.64. The van der Waals surface area contributed by atoms with E-state index in [1.165, 1.54) is 70.6 Å². The molecule has 0 aliphatic rings. The molecular weight excluding hydrogens is 392 g/mol. The van der Waals surface area contributed by atoms with Crippen LogP contribution in [0.25, 0.3) is 0 Å². The van der Waals surface area contributed by atoms with Crippen LogP contribution in [0.2, 0.25) is 0 Å². The number of unbranched alkanes of at least 4 members (excludes halogenated alkanes) is 11. The third-order valence-electron chi connectivity index (χ3n) is 5.61. The van der Waals surface area contributed by atoms with Gasteiger partial charge in [0.2, 0.25) is 5.91 Å². The summed E-state index contributed by atoms with van der Waals surface area (Å²) in [5.74, 6) is -1.02. The van der Waals surface area contributed by atoms with Crippen LogP contribution in [-0.2, 0) is 9.59 Å². The fourth-order valence-corrected chi connectivity index (χ4v) is 3.64. The first-order valence-corrected chi connectivity index (χ1v) is 12.7. The van der Waals surface area contributed by atoms with Gasteiger partial charge < -0.3 is 25.2 Å². The SMILES string of the molecule is CCCCCCCC/C=C/CCCCCCCC(=O)NCC[NH+](CCO)CCC(=O)[O-]. The quantitative estimate of drug-likeness (QED) is 0.168. The number of rotatable bonds is 23. The van der Waals surface area contributed by atoms with Crippen LogP contribution in [0.5, 0.6) is 0 Å². The molecular formula is C25H48N2O4. The minimum atomic E-state index is -1.08. The van der Waals surface area contributed by atoms with Crippen molar-refractivity contribution in [2.75, 3.05) is 32.8 Å². The molecule has 0 aromatic rings. The highest BCUT2D eigenvalue weighted by Crippen LogP contribution is 2.09. The van der Waals surface area contributed by atoms with Gasteiger partial charge >= 0.3 is 0 Å². The topological polar surface area (TPSA) is 93.9 Å². The van der Waals surface area contributed by atoms with Crippen molar-refractivity contribution in [1.82, 2.24) is 5.32 Å². The first-order chi connectivity index (χ1) is 15.1. The Kier molecular flexibility index (Phi) is 22.2. The summed E-state index contributed by atoms with van der Waals surface area (Å²) in [5, 5.41) is 22.5. The van der Waals surface area contributed by atoms with Crippen molar-refractivity contribution in [3.05, 3.63) is 12.2 Å². The van der Waals surface area contributed by atoms with E-state index in [9.17, 15) is 14.7 Å². The Morgan fingerprint density at radius 1 is 0.806 bits per heavy atom. The van der Waals surface area contributed by atoms with Gasteiger partial charge in [0.05, 0.1) is 26.2 Å². The summed E-state index contributed by atoms with van der Waals surface area (Å²) in [7, 11) is 0. The Morgan fingerprint density at radius 3 is 1.97 bits per heavy atom. The maximum Gasteiger partial charge on any atom is 0.220 e. The predicted octanol–water partition coefficient (Wildman–Crippen LogP) is 2.16. The molecule has 0 bridgehead atoms. The molecule has 0 aromatic carbocycles. The smallest absolute Gasteiger partial charge is 0.220 e. The largest absolute Gasteiger partial charge is 0.550 e. The van der Waals surface area contributed by atoms with Crippen molar-refractivity contribution < 1.29 is 24.7 Å². The van der Waals surface area contributed by atoms with Crippen LogP contribution in [-0.4, -0.2) is 49.8 Å². The molecule has 31 heavy (non-hydrogen) atoms. The number of aliphatic hydroxyl groups excluding tert-OH is 1. The van der Waals surface area contributed by atoms with Crippen molar-refractivity contribution >= 4 is 11.9 Å². The summed E-state index contributed by atoms with van der Waals surface area (Å²) in [5.41, 5.74) is 0. The van der Waals surface area contributed by atoms with Crippen LogP contribution in [0, 0.1) is 0 Å². The van der Waals surface area contributed by atoms with Crippen LogP contribution in [0.1, 0.15) is 103 Å². The van der Waals surface area contributed by atoms with Gasteiger partial charge in [-0.05, 0) is 32.1 Å². The number of nitrogens with one attached hydrogen (secondary N) is 2. The highest BCUT2D eigenvalue weighted by molar-refractivity contribution is 5.75. The number of allylic oxidation sites excluding steroid dienone is 2. The summed E-state index contributed by atoms with van der Waals surface area (Å²) >= 11 is 0. The monoisotopic (exact) mass is 440 g/mol. The molecule has 0 aliphatic heterocycles. The van der Waals surface area contributed by atoms with E-state index >= 15 is 0 Å².